The maximum absolute atomic E-state index is 14.4. The Morgan fingerprint density at radius 2 is 1.05 bits per heavy atom. The highest BCUT2D eigenvalue weighted by atomic mass is 32.2. The fraction of sp³-hybridized carbons (Fsp3) is 0.562. The molecule has 25 nitrogen and oxygen atoms in total. The van der Waals surface area contributed by atoms with Crippen LogP contribution in [0.3, 0.4) is 0 Å². The van der Waals surface area contributed by atoms with E-state index >= 15 is 0 Å². The molecule has 0 radical (unpaired) electrons. The van der Waals surface area contributed by atoms with Gasteiger partial charge in [-0.05, 0) is 84.7 Å². The molecular formula is C64H83N6O19PS2. The molecule has 3 N–H and O–H groups in total. The lowest BCUT2D eigenvalue weighted by Crippen LogP contribution is -2.53. The highest BCUT2D eigenvalue weighted by Gasteiger charge is 2.47. The van der Waals surface area contributed by atoms with Crippen molar-refractivity contribution in [2.75, 3.05) is 79.5 Å². The Hall–Kier alpha value is -6.59. The van der Waals surface area contributed by atoms with Gasteiger partial charge < -0.3 is 67.6 Å². The summed E-state index contributed by atoms with van der Waals surface area (Å²) in [5.74, 6) is 1.35. The van der Waals surface area contributed by atoms with Crippen LogP contribution in [0.5, 0.6) is 23.0 Å². The summed E-state index contributed by atoms with van der Waals surface area (Å²) < 4.78 is 134. The van der Waals surface area contributed by atoms with Crippen LogP contribution in [0.1, 0.15) is 77.3 Å². The molecule has 4 saturated heterocycles. The van der Waals surface area contributed by atoms with Crippen LogP contribution in [0.4, 0.5) is 9.59 Å². The Kier molecular flexibility index (Phi) is 23.2. The number of sulfonamides is 2. The molecule has 0 saturated carbocycles. The molecule has 6 aliphatic rings. The minimum atomic E-state index is -4.22. The zero-order valence-electron chi connectivity index (χ0n) is 52.6. The van der Waals surface area contributed by atoms with E-state index in [2.05, 4.69) is 22.8 Å². The largest absolute Gasteiger partial charge is 0.454 e. The molecule has 4 fully saturated rings. The average molecular weight is 1340 g/mol. The second-order valence-corrected chi connectivity index (χ2v) is 32.1. The number of benzene rings is 4. The summed E-state index contributed by atoms with van der Waals surface area (Å²) >= 11 is 0. The molecule has 10 atom stereocenters. The monoisotopic (exact) mass is 1330 g/mol. The van der Waals surface area contributed by atoms with Crippen LogP contribution in [0.15, 0.2) is 107 Å². The topological polar surface area (TPSA) is 319 Å². The summed E-state index contributed by atoms with van der Waals surface area (Å²) in [6.07, 6.45) is -2.44. The number of aliphatic hydroxyl groups is 1. The second kappa shape index (κ2) is 30.7. The van der Waals surface area contributed by atoms with E-state index in [4.69, 9.17) is 51.9 Å². The number of nitrogens with one attached hydrogen (secondary N) is 2. The third kappa shape index (κ3) is 18.6. The summed E-state index contributed by atoms with van der Waals surface area (Å²) in [6.45, 7) is 11.3. The van der Waals surface area contributed by atoms with Crippen molar-refractivity contribution in [2.24, 2.45) is 22.7 Å². The highest BCUT2D eigenvalue weighted by Crippen LogP contribution is 2.43. The molecule has 6 heterocycles. The van der Waals surface area contributed by atoms with Crippen LogP contribution in [0.25, 0.3) is 0 Å². The Morgan fingerprint density at radius 1 is 0.630 bits per heavy atom. The van der Waals surface area contributed by atoms with E-state index < -0.39 is 99.5 Å². The number of nitrogens with zero attached hydrogens (tertiary/aromatic N) is 4. The number of amides is 2. The molecule has 500 valence electrons. The van der Waals surface area contributed by atoms with Gasteiger partial charge in [-0.1, -0.05) is 88.4 Å². The number of ether oxygens (including phenoxy) is 10. The van der Waals surface area contributed by atoms with Crippen molar-refractivity contribution in [3.63, 3.8) is 0 Å². The van der Waals surface area contributed by atoms with Gasteiger partial charge in [-0.25, -0.2) is 26.4 Å². The van der Waals surface area contributed by atoms with Crippen molar-refractivity contribution < 1.29 is 88.0 Å². The van der Waals surface area contributed by atoms with Gasteiger partial charge >= 0.3 is 12.2 Å². The third-order valence-corrected chi connectivity index (χ3v) is 21.2. The van der Waals surface area contributed by atoms with E-state index in [1.165, 1.54) is 58.3 Å². The first kappa shape index (κ1) is 69.7. The number of nitriles is 2. The summed E-state index contributed by atoms with van der Waals surface area (Å²) in [5, 5.41) is 35.8. The molecule has 0 bridgehead atoms. The van der Waals surface area contributed by atoms with Crippen LogP contribution in [-0.4, -0.2) is 171 Å². The predicted octanol–water partition coefficient (Wildman–Crippen LogP) is 7.95. The van der Waals surface area contributed by atoms with Gasteiger partial charge in [-0.2, -0.15) is 19.1 Å². The van der Waals surface area contributed by atoms with Crippen molar-refractivity contribution in [1.29, 1.82) is 10.5 Å². The van der Waals surface area contributed by atoms with Gasteiger partial charge in [-0.15, -0.1) is 0 Å². The molecule has 0 spiro atoms. The van der Waals surface area contributed by atoms with E-state index in [0.717, 1.165) is 11.1 Å². The quantitative estimate of drug-likeness (QED) is 0.0454. The van der Waals surface area contributed by atoms with Crippen LogP contribution in [0.2, 0.25) is 0 Å². The second-order valence-electron chi connectivity index (χ2n) is 25.6. The first-order chi connectivity index (χ1) is 43.8. The molecular weight excluding hydrogens is 1250 g/mol. The third-order valence-electron chi connectivity index (χ3n) is 16.8. The SMILES string of the molecule is CC(C)(CCC#N)CN(CC(O)C(Cc1ccccc1)NC(=O)OC1COC2OCCC12)S(=O)(=O)c1ccc2c(c1)OCO2.CC(C)(CCC#N)CN(CC(OP(C)(C)=O)C(Cc1ccccc1)NC(=O)OC1COC2OCCC12)S(=O)(=O)c1ccc2c(c1)OCO2. The number of hydrogen-bond acceptors (Lipinski definition) is 21. The van der Waals surface area contributed by atoms with Crippen LogP contribution in [0, 0.1) is 45.3 Å². The van der Waals surface area contributed by atoms with Gasteiger partial charge in [0.25, 0.3) is 0 Å². The zero-order chi connectivity index (χ0) is 65.8. The normalized spacial score (nSPS) is 22.0. The lowest BCUT2D eigenvalue weighted by atomic mass is 9.88. The lowest BCUT2D eigenvalue weighted by molar-refractivity contribution is -0.0909. The fourth-order valence-electron chi connectivity index (χ4n) is 11.9. The molecule has 4 aromatic rings. The van der Waals surface area contributed by atoms with E-state index in [9.17, 15) is 46.6 Å². The Morgan fingerprint density at radius 3 is 1.50 bits per heavy atom. The first-order valence-electron chi connectivity index (χ1n) is 30.7. The minimum absolute atomic E-state index is 0.00715. The maximum atomic E-state index is 14.4. The van der Waals surface area contributed by atoms with Crippen molar-refractivity contribution in [1.82, 2.24) is 19.2 Å². The molecule has 4 aromatic carbocycles. The lowest BCUT2D eigenvalue weighted by Gasteiger charge is -2.37. The molecule has 92 heavy (non-hydrogen) atoms. The molecule has 2 amide bonds. The maximum Gasteiger partial charge on any atom is 0.407 e. The standard InChI is InChI=1S/C33H44N3O10PS.C31H39N3O9S/c1-33(2,14-8-15-34)21-36(48(39,40)24-11-12-27-28(18-24)44-22-43-27)19-29(46-47(3,4)38)26(17-23-9-6-5-7-10-23)35-32(37)45-30-20-42-31-25(30)13-16-41-31;1-31(2,12-6-13-32)19-34(44(37,38)22-9-10-26-27(16-22)42-20-41-26)17-25(35)24(15-21-7-4-3-5-8-21)33-30(36)43-28-18-40-29-23(28)11-14-39-29/h5-7,9-12,18,25-26,29-31H,8,13-14,16-17,19-22H2,1-4H3,(H,35,37);3-5,7-10,16,23-25,28-29,35H,6,11-12,14-15,17-20H2,1-2H3,(H,33,36). The predicted molar refractivity (Wildman–Crippen MR) is 333 cm³/mol. The number of carbonyl (C=O) groups is 2. The minimum Gasteiger partial charge on any atom is -0.454 e. The molecule has 10 unspecified atom stereocenters. The number of carbonyl (C=O) groups excluding carboxylic acids is 2. The molecule has 28 heteroatoms. The van der Waals surface area contributed by atoms with Gasteiger partial charge in [-0.3, -0.25) is 4.57 Å². The van der Waals surface area contributed by atoms with Crippen molar-refractivity contribution in [3.05, 3.63) is 108 Å². The van der Waals surface area contributed by atoms with Gasteiger partial charge in [0, 0.05) is 64.5 Å². The Balaban J connectivity index is 0.000000218. The van der Waals surface area contributed by atoms with Crippen LogP contribution in [-0.2, 0) is 70.4 Å². The van der Waals surface area contributed by atoms with Crippen LogP contribution < -0.4 is 29.6 Å². The van der Waals surface area contributed by atoms with Gasteiger partial charge in [0.2, 0.25) is 33.6 Å². The van der Waals surface area contributed by atoms with Gasteiger partial charge in [0.05, 0.1) is 84.5 Å². The Labute approximate surface area is 538 Å². The van der Waals surface area contributed by atoms with Crippen LogP contribution >= 0.6 is 7.37 Å². The number of hydrogen-bond donors (Lipinski definition) is 3. The fourth-order valence-corrected chi connectivity index (χ4v) is 16.1. The number of rotatable bonds is 28. The van der Waals surface area contributed by atoms with E-state index in [0.29, 0.717) is 61.9 Å². The average Bonchev–Trinajstić information content (AvgIpc) is 1.11. The molecule has 10 rings (SSSR count). The summed E-state index contributed by atoms with van der Waals surface area (Å²) in [5.41, 5.74) is 0.453. The summed E-state index contributed by atoms with van der Waals surface area (Å²) in [6, 6.07) is 29.9. The molecule has 0 aliphatic carbocycles. The summed E-state index contributed by atoms with van der Waals surface area (Å²) in [7, 11) is -11.6. The summed E-state index contributed by atoms with van der Waals surface area (Å²) in [4.78, 5) is 26.5. The Bertz CT molecular complexity index is 3530. The van der Waals surface area contributed by atoms with Gasteiger partial charge in [0.15, 0.2) is 42.9 Å². The number of alkyl carbamates (subject to hydrolysis) is 2. The van der Waals surface area contributed by atoms with Crippen molar-refractivity contribution >= 4 is 39.6 Å². The highest BCUT2D eigenvalue weighted by molar-refractivity contribution is 7.89. The van der Waals surface area contributed by atoms with E-state index in [1.807, 2.05) is 88.4 Å². The number of aliphatic hydroxyl groups excluding tert-OH is 1. The first-order valence-corrected chi connectivity index (χ1v) is 36.1. The zero-order valence-corrected chi connectivity index (χ0v) is 55.1. The van der Waals surface area contributed by atoms with Crippen molar-refractivity contribution in [3.8, 4) is 35.1 Å². The van der Waals surface area contributed by atoms with Crippen molar-refractivity contribution in [2.45, 2.75) is 138 Å². The van der Waals surface area contributed by atoms with E-state index in [-0.39, 0.29) is 100 Å². The molecule has 0 aromatic heterocycles. The number of fused-ring (bicyclic) bond motifs is 4. The van der Waals surface area contributed by atoms with E-state index in [1.54, 1.807) is 0 Å². The molecule has 6 aliphatic heterocycles. The smallest absolute Gasteiger partial charge is 0.407 e. The van der Waals surface area contributed by atoms with Gasteiger partial charge in [0.1, 0.15) is 12.2 Å².